The molecule has 31 heavy (non-hydrogen) atoms. The largest absolute Gasteiger partial charge is 0.632 e. The molecule has 2 aliphatic heterocycles. The molecule has 0 amide bonds. The fourth-order valence-electron chi connectivity index (χ4n) is 4.28. The Morgan fingerprint density at radius 3 is 2.26 bits per heavy atom. The van der Waals surface area contributed by atoms with E-state index in [1.807, 2.05) is 30.3 Å². The zero-order valence-corrected chi connectivity index (χ0v) is 19.5. The minimum absolute atomic E-state index is 0. The van der Waals surface area contributed by atoms with E-state index in [0.29, 0.717) is 24.5 Å². The number of para-hydroxylation sites is 1. The lowest BCUT2D eigenvalue weighted by atomic mass is 10.2. The molecule has 1 N–H and O–H groups in total. The van der Waals surface area contributed by atoms with Gasteiger partial charge in [-0.1, -0.05) is 23.7 Å². The average molecular weight is 488 g/mol. The molecule has 7 nitrogen and oxygen atoms in total. The van der Waals surface area contributed by atoms with Crippen LogP contribution in [-0.2, 0) is 10.8 Å². The maximum absolute atomic E-state index is 13.1. The molecule has 4 rings (SSSR count). The molecular formula is C21H27Cl2N3O4S. The van der Waals surface area contributed by atoms with Gasteiger partial charge >= 0.3 is 0 Å². The van der Waals surface area contributed by atoms with Gasteiger partial charge in [-0.2, -0.15) is 0 Å². The normalized spacial score (nSPS) is 27.2. The van der Waals surface area contributed by atoms with Gasteiger partial charge in [0.1, 0.15) is 32.7 Å². The van der Waals surface area contributed by atoms with E-state index in [0.717, 1.165) is 21.2 Å². The van der Waals surface area contributed by atoms with Gasteiger partial charge in [-0.3, -0.25) is 0 Å². The highest BCUT2D eigenvalue weighted by molar-refractivity contribution is 7.85. The second-order valence-corrected chi connectivity index (χ2v) is 9.89. The zero-order valence-electron chi connectivity index (χ0n) is 17.1. The lowest BCUT2D eigenvalue weighted by Crippen LogP contribution is -2.63. The number of nitrogens with zero attached hydrogens (tertiary/aromatic N) is 3. The maximum atomic E-state index is 13.1. The smallest absolute Gasteiger partial charge is 0.129 e. The summed E-state index contributed by atoms with van der Waals surface area (Å²) in [5.41, 5.74) is 1.69. The molecule has 1 fully saturated rings. The highest BCUT2D eigenvalue weighted by Crippen LogP contribution is 2.43. The Kier molecular flexibility index (Phi) is 7.66. The summed E-state index contributed by atoms with van der Waals surface area (Å²) < 4.78 is 12.1. The van der Waals surface area contributed by atoms with Gasteiger partial charge in [0.15, 0.2) is 0 Å². The Balaban J connectivity index is 0.00000272. The van der Waals surface area contributed by atoms with E-state index >= 15 is 0 Å². The molecule has 1 saturated heterocycles. The van der Waals surface area contributed by atoms with Gasteiger partial charge in [-0.15, -0.1) is 12.4 Å². The number of rotatable bonds is 6. The first-order valence-corrected chi connectivity index (χ1v) is 11.7. The van der Waals surface area contributed by atoms with Crippen molar-refractivity contribution >= 4 is 46.2 Å². The molecule has 10 heteroatoms. The molecule has 0 aromatic heterocycles. The topological polar surface area (TPSA) is 86.7 Å². The van der Waals surface area contributed by atoms with Crippen molar-refractivity contribution in [2.75, 3.05) is 57.3 Å². The molecule has 0 radical (unpaired) electrons. The van der Waals surface area contributed by atoms with Gasteiger partial charge < -0.3 is 29.7 Å². The Labute approximate surface area is 196 Å². The van der Waals surface area contributed by atoms with Crippen LogP contribution in [0.5, 0.6) is 0 Å². The number of quaternary nitrogens is 2. The number of aliphatic hydroxyl groups is 1. The summed E-state index contributed by atoms with van der Waals surface area (Å²) in [4.78, 5) is 3.57. The third kappa shape index (κ3) is 5.07. The quantitative estimate of drug-likeness (QED) is 0.498. The SMILES string of the molecule is Cl.O=S1c2ccccc2N(CCC[N+]2([O-])CC[N+]([O-])(CCO)CC2)c2cc(Cl)ccc21. The minimum Gasteiger partial charge on any atom is -0.632 e. The molecule has 1 unspecified atom stereocenters. The van der Waals surface area contributed by atoms with E-state index in [4.69, 9.17) is 16.7 Å². The van der Waals surface area contributed by atoms with Crippen molar-refractivity contribution in [2.45, 2.75) is 16.2 Å². The first-order chi connectivity index (χ1) is 14.3. The Morgan fingerprint density at radius 2 is 1.58 bits per heavy atom. The second-order valence-electron chi connectivity index (χ2n) is 8.04. The molecule has 0 spiro atoms. The summed E-state index contributed by atoms with van der Waals surface area (Å²) in [6.45, 7) is 2.04. The van der Waals surface area contributed by atoms with E-state index in [-0.39, 0.29) is 56.4 Å². The van der Waals surface area contributed by atoms with Crippen LogP contribution in [0.1, 0.15) is 6.42 Å². The van der Waals surface area contributed by atoms with Crippen molar-refractivity contribution in [3.63, 3.8) is 0 Å². The van der Waals surface area contributed by atoms with Crippen molar-refractivity contribution in [3.8, 4) is 0 Å². The number of benzene rings is 2. The fraction of sp³-hybridized carbons (Fsp3) is 0.429. The number of hydrogen-bond acceptors (Lipinski definition) is 5. The molecule has 1 atom stereocenters. The van der Waals surface area contributed by atoms with Crippen molar-refractivity contribution in [1.82, 2.24) is 0 Å². The Hall–Kier alpha value is -1.23. The summed E-state index contributed by atoms with van der Waals surface area (Å²) in [5, 5.41) is 35.2. The average Bonchev–Trinajstić information content (AvgIpc) is 2.73. The predicted octanol–water partition coefficient (Wildman–Crippen LogP) is 3.41. The van der Waals surface area contributed by atoms with Gasteiger partial charge in [-0.25, -0.2) is 4.21 Å². The Morgan fingerprint density at radius 1 is 0.968 bits per heavy atom. The molecule has 0 bridgehead atoms. The summed E-state index contributed by atoms with van der Waals surface area (Å²) in [5.74, 6) is 0. The Bertz CT molecular complexity index is 954. The molecule has 0 aliphatic carbocycles. The lowest BCUT2D eigenvalue weighted by Gasteiger charge is -2.54. The molecule has 2 aromatic carbocycles. The summed E-state index contributed by atoms with van der Waals surface area (Å²) in [6, 6.07) is 13.0. The van der Waals surface area contributed by atoms with E-state index in [1.54, 1.807) is 12.1 Å². The van der Waals surface area contributed by atoms with Crippen LogP contribution in [0, 0.1) is 10.4 Å². The monoisotopic (exact) mass is 487 g/mol. The van der Waals surface area contributed by atoms with Crippen LogP contribution in [0.2, 0.25) is 5.02 Å². The first-order valence-electron chi connectivity index (χ1n) is 10.2. The summed E-state index contributed by atoms with van der Waals surface area (Å²) in [6.07, 6.45) is 0.634. The van der Waals surface area contributed by atoms with Gasteiger partial charge in [0, 0.05) is 18.0 Å². The lowest BCUT2D eigenvalue weighted by molar-refractivity contribution is -0.989. The number of aliphatic hydroxyl groups excluding tert-OH is 1. The number of hydroxylamine groups is 6. The molecule has 2 aromatic rings. The molecule has 2 heterocycles. The van der Waals surface area contributed by atoms with Crippen LogP contribution >= 0.6 is 24.0 Å². The molecule has 170 valence electrons. The molecule has 0 saturated carbocycles. The first kappa shape index (κ1) is 24.4. The second kappa shape index (κ2) is 9.72. The number of halogens is 2. The van der Waals surface area contributed by atoms with E-state index in [2.05, 4.69) is 4.90 Å². The highest BCUT2D eigenvalue weighted by atomic mass is 35.5. The van der Waals surface area contributed by atoms with E-state index in [1.165, 1.54) is 0 Å². The number of hydrogen-bond donors (Lipinski definition) is 1. The van der Waals surface area contributed by atoms with Crippen LogP contribution in [0.25, 0.3) is 0 Å². The minimum atomic E-state index is -1.27. The number of anilines is 2. The molecule has 2 aliphatic rings. The third-order valence-corrected chi connectivity index (χ3v) is 7.78. The predicted molar refractivity (Wildman–Crippen MR) is 125 cm³/mol. The van der Waals surface area contributed by atoms with Crippen LogP contribution in [0.15, 0.2) is 52.3 Å². The molecular weight excluding hydrogens is 461 g/mol. The van der Waals surface area contributed by atoms with Gasteiger partial charge in [0.05, 0.1) is 45.1 Å². The number of fused-ring (bicyclic) bond motifs is 2. The van der Waals surface area contributed by atoms with Gasteiger partial charge in [0.25, 0.3) is 0 Å². The van der Waals surface area contributed by atoms with Crippen LogP contribution in [-0.4, -0.2) is 71.0 Å². The maximum Gasteiger partial charge on any atom is 0.129 e. The van der Waals surface area contributed by atoms with Gasteiger partial charge in [-0.05, 0) is 30.3 Å². The standard InChI is InChI=1S/C21H26ClN3O4S.ClH/c22-17-6-7-21-19(16-17)23(18-4-1-2-5-20(18)30(21)29)8-3-9-24(27)10-12-25(28,13-11-24)14-15-26;/h1-2,4-7,16,26H,3,8-15H2;1H. The van der Waals surface area contributed by atoms with E-state index < -0.39 is 15.4 Å². The van der Waals surface area contributed by atoms with Crippen molar-refractivity contribution < 1.29 is 18.6 Å². The van der Waals surface area contributed by atoms with E-state index in [9.17, 15) is 14.6 Å². The van der Waals surface area contributed by atoms with Crippen LogP contribution in [0.3, 0.4) is 0 Å². The van der Waals surface area contributed by atoms with Crippen LogP contribution < -0.4 is 4.90 Å². The highest BCUT2D eigenvalue weighted by Gasteiger charge is 2.33. The fourth-order valence-corrected chi connectivity index (χ4v) is 5.81. The van der Waals surface area contributed by atoms with Crippen molar-refractivity contribution in [2.24, 2.45) is 0 Å². The van der Waals surface area contributed by atoms with Crippen molar-refractivity contribution in [1.29, 1.82) is 0 Å². The summed E-state index contributed by atoms with van der Waals surface area (Å²) >= 11 is 6.22. The van der Waals surface area contributed by atoms with Gasteiger partial charge in [0.2, 0.25) is 0 Å². The third-order valence-electron chi connectivity index (χ3n) is 6.05. The van der Waals surface area contributed by atoms with Crippen LogP contribution in [0.4, 0.5) is 11.4 Å². The zero-order chi connectivity index (χ0) is 21.4. The number of piperazine rings is 1. The summed E-state index contributed by atoms with van der Waals surface area (Å²) in [7, 11) is -1.27. The van der Waals surface area contributed by atoms with Crippen molar-refractivity contribution in [3.05, 3.63) is 57.9 Å².